The zero-order chi connectivity index (χ0) is 15.6. The summed E-state index contributed by atoms with van der Waals surface area (Å²) in [5.41, 5.74) is 3.55. The minimum Gasteiger partial charge on any atom is -0.366 e. The van der Waals surface area contributed by atoms with E-state index in [4.69, 9.17) is 11.6 Å². The average molecular weight is 329 g/mol. The molecule has 1 atom stereocenters. The van der Waals surface area contributed by atoms with Crippen LogP contribution in [0.25, 0.3) is 22.3 Å². The number of fused-ring (bicyclic) bond motifs is 1. The van der Waals surface area contributed by atoms with Gasteiger partial charge in [-0.3, -0.25) is 4.98 Å². The van der Waals surface area contributed by atoms with Crippen molar-refractivity contribution in [3.05, 3.63) is 35.9 Å². The molecule has 7 heteroatoms. The van der Waals surface area contributed by atoms with Crippen molar-refractivity contribution in [1.29, 1.82) is 0 Å². The van der Waals surface area contributed by atoms with E-state index in [-0.39, 0.29) is 0 Å². The third kappa shape index (κ3) is 3.00. The monoisotopic (exact) mass is 328 g/mol. The highest BCUT2D eigenvalue weighted by molar-refractivity contribution is 6.29. The Bertz CT molecular complexity index is 824. The summed E-state index contributed by atoms with van der Waals surface area (Å²) in [4.78, 5) is 16.2. The molecule has 1 unspecified atom stereocenters. The molecule has 0 aromatic carbocycles. The fraction of sp³-hybridized carbons (Fsp3) is 0.312. The number of hydrogen-bond acceptors (Lipinski definition) is 5. The number of H-pyrrole nitrogens is 1. The molecule has 1 fully saturated rings. The number of halogens is 1. The molecule has 6 nitrogen and oxygen atoms in total. The van der Waals surface area contributed by atoms with Gasteiger partial charge in [0.25, 0.3) is 0 Å². The van der Waals surface area contributed by atoms with Gasteiger partial charge in [0.15, 0.2) is 5.65 Å². The summed E-state index contributed by atoms with van der Waals surface area (Å²) < 4.78 is 0. The Hall–Kier alpha value is -2.18. The van der Waals surface area contributed by atoms with Gasteiger partial charge in [-0.2, -0.15) is 0 Å². The smallest absolute Gasteiger partial charge is 0.156 e. The lowest BCUT2D eigenvalue weighted by Crippen LogP contribution is -2.38. The molecule has 0 aliphatic carbocycles. The van der Waals surface area contributed by atoms with Crippen molar-refractivity contribution in [2.75, 3.05) is 18.4 Å². The number of aromatic nitrogens is 4. The Morgan fingerprint density at radius 3 is 3.00 bits per heavy atom. The number of pyridine rings is 1. The lowest BCUT2D eigenvalue weighted by molar-refractivity contribution is 0.479. The van der Waals surface area contributed by atoms with Crippen LogP contribution in [0.1, 0.15) is 12.8 Å². The van der Waals surface area contributed by atoms with Crippen molar-refractivity contribution >= 4 is 28.6 Å². The minimum atomic E-state index is 0.380. The molecule has 118 valence electrons. The van der Waals surface area contributed by atoms with Crippen LogP contribution in [0.4, 0.5) is 5.82 Å². The second-order valence-corrected chi connectivity index (χ2v) is 6.09. The molecule has 4 heterocycles. The van der Waals surface area contributed by atoms with Crippen molar-refractivity contribution < 1.29 is 0 Å². The van der Waals surface area contributed by atoms with Crippen molar-refractivity contribution in [2.45, 2.75) is 18.9 Å². The lowest BCUT2D eigenvalue weighted by Gasteiger charge is -2.24. The molecular weight excluding hydrogens is 312 g/mol. The van der Waals surface area contributed by atoms with Crippen LogP contribution < -0.4 is 10.6 Å². The van der Waals surface area contributed by atoms with Crippen LogP contribution >= 0.6 is 11.6 Å². The van der Waals surface area contributed by atoms with Crippen molar-refractivity contribution in [3.63, 3.8) is 0 Å². The van der Waals surface area contributed by atoms with Crippen LogP contribution in [-0.2, 0) is 0 Å². The van der Waals surface area contributed by atoms with Crippen LogP contribution in [0, 0.1) is 0 Å². The molecule has 23 heavy (non-hydrogen) atoms. The van der Waals surface area contributed by atoms with E-state index in [1.54, 1.807) is 12.4 Å². The molecule has 4 rings (SSSR count). The van der Waals surface area contributed by atoms with Crippen LogP contribution in [0.5, 0.6) is 0 Å². The number of anilines is 1. The average Bonchev–Trinajstić information content (AvgIpc) is 2.99. The highest BCUT2D eigenvalue weighted by atomic mass is 35.5. The Morgan fingerprint density at radius 1 is 1.22 bits per heavy atom. The van der Waals surface area contributed by atoms with E-state index in [2.05, 4.69) is 30.6 Å². The molecule has 3 aromatic heterocycles. The Labute approximate surface area is 138 Å². The zero-order valence-corrected chi connectivity index (χ0v) is 13.3. The predicted octanol–water partition coefficient (Wildman–Crippen LogP) is 2.84. The van der Waals surface area contributed by atoms with Crippen LogP contribution in [0.15, 0.2) is 30.7 Å². The van der Waals surface area contributed by atoms with Crippen molar-refractivity contribution in [1.82, 2.24) is 25.3 Å². The summed E-state index contributed by atoms with van der Waals surface area (Å²) in [5.74, 6) is 0.791. The molecular formula is C16H17ClN6. The van der Waals surface area contributed by atoms with Crippen LogP contribution in [0.2, 0.25) is 5.15 Å². The number of nitrogens with zero attached hydrogens (tertiary/aromatic N) is 3. The molecule has 1 aliphatic rings. The highest BCUT2D eigenvalue weighted by Gasteiger charge is 2.15. The van der Waals surface area contributed by atoms with Gasteiger partial charge in [0, 0.05) is 36.7 Å². The van der Waals surface area contributed by atoms with E-state index in [0.29, 0.717) is 11.2 Å². The maximum absolute atomic E-state index is 6.22. The van der Waals surface area contributed by atoms with Gasteiger partial charge in [0.05, 0.1) is 0 Å². The summed E-state index contributed by atoms with van der Waals surface area (Å²) in [6, 6.07) is 4.24. The van der Waals surface area contributed by atoms with Crippen molar-refractivity contribution in [2.24, 2.45) is 0 Å². The second-order valence-electron chi connectivity index (χ2n) is 5.71. The van der Waals surface area contributed by atoms with E-state index in [1.807, 2.05) is 18.3 Å². The number of aromatic amines is 1. The quantitative estimate of drug-likeness (QED) is 0.644. The maximum Gasteiger partial charge on any atom is 0.156 e. The number of rotatable bonds is 3. The molecule has 1 aliphatic heterocycles. The third-order valence-corrected chi connectivity index (χ3v) is 4.25. The van der Waals surface area contributed by atoms with E-state index < -0.39 is 0 Å². The minimum absolute atomic E-state index is 0.380. The van der Waals surface area contributed by atoms with Gasteiger partial charge in [-0.1, -0.05) is 11.6 Å². The fourth-order valence-corrected chi connectivity index (χ4v) is 3.19. The number of nitrogens with one attached hydrogen (secondary N) is 3. The van der Waals surface area contributed by atoms with E-state index in [1.165, 1.54) is 6.42 Å². The summed E-state index contributed by atoms with van der Waals surface area (Å²) in [6.07, 6.45) is 7.57. The summed E-state index contributed by atoms with van der Waals surface area (Å²) in [7, 11) is 0. The van der Waals surface area contributed by atoms with E-state index >= 15 is 0 Å². The zero-order valence-electron chi connectivity index (χ0n) is 12.5. The van der Waals surface area contributed by atoms with Crippen LogP contribution in [-0.4, -0.2) is 39.1 Å². The predicted molar refractivity (Wildman–Crippen MR) is 91.6 cm³/mol. The molecule has 0 saturated carbocycles. The van der Waals surface area contributed by atoms with Gasteiger partial charge in [-0.05, 0) is 37.1 Å². The van der Waals surface area contributed by atoms with Gasteiger partial charge in [-0.25, -0.2) is 9.97 Å². The molecule has 1 saturated heterocycles. The molecule has 0 amide bonds. The van der Waals surface area contributed by atoms with Gasteiger partial charge in [0.1, 0.15) is 16.5 Å². The molecule has 0 radical (unpaired) electrons. The number of piperidine rings is 1. The molecule has 0 spiro atoms. The maximum atomic E-state index is 6.22. The van der Waals surface area contributed by atoms with Gasteiger partial charge in [-0.15, -0.1) is 0 Å². The van der Waals surface area contributed by atoms with Gasteiger partial charge < -0.3 is 15.6 Å². The first-order valence-corrected chi connectivity index (χ1v) is 8.11. The summed E-state index contributed by atoms with van der Waals surface area (Å²) in [6.45, 7) is 2.03. The first kappa shape index (κ1) is 14.4. The SMILES string of the molecule is Clc1cc(-c2c[nH]c3nccnc23)cc(NC2CCCNC2)n1. The molecule has 0 bridgehead atoms. The van der Waals surface area contributed by atoms with Crippen LogP contribution in [0.3, 0.4) is 0 Å². The largest absolute Gasteiger partial charge is 0.366 e. The fourth-order valence-electron chi connectivity index (χ4n) is 2.98. The van der Waals surface area contributed by atoms with E-state index in [0.717, 1.165) is 47.6 Å². The second kappa shape index (κ2) is 6.14. The first-order valence-electron chi connectivity index (χ1n) is 7.73. The molecule has 3 aromatic rings. The normalized spacial score (nSPS) is 18.2. The van der Waals surface area contributed by atoms with E-state index in [9.17, 15) is 0 Å². The topological polar surface area (TPSA) is 78.5 Å². The van der Waals surface area contributed by atoms with Gasteiger partial charge in [0.2, 0.25) is 0 Å². The van der Waals surface area contributed by atoms with Gasteiger partial charge >= 0.3 is 0 Å². The number of hydrogen-bond donors (Lipinski definition) is 3. The summed E-state index contributed by atoms with van der Waals surface area (Å²) in [5, 5.41) is 7.32. The van der Waals surface area contributed by atoms with Crippen molar-refractivity contribution in [3.8, 4) is 11.1 Å². The highest BCUT2D eigenvalue weighted by Crippen LogP contribution is 2.29. The summed E-state index contributed by atoms with van der Waals surface area (Å²) >= 11 is 6.22. The standard InChI is InChI=1S/C16H17ClN6/c17-13-6-10(12-9-21-16-15(12)19-4-5-20-16)7-14(23-13)22-11-2-1-3-18-8-11/h4-7,9,11,18H,1-3,8H2,(H,20,21)(H,22,23). The molecule has 3 N–H and O–H groups in total. The third-order valence-electron chi connectivity index (χ3n) is 4.06. The lowest BCUT2D eigenvalue weighted by atomic mass is 10.1. The first-order chi connectivity index (χ1) is 11.3. The Morgan fingerprint density at radius 2 is 2.13 bits per heavy atom. The Balaban J connectivity index is 1.68. The Kier molecular flexibility index (Phi) is 3.85.